The van der Waals surface area contributed by atoms with Crippen molar-refractivity contribution in [2.45, 2.75) is 19.3 Å². The number of oxime groups is 1. The van der Waals surface area contributed by atoms with Crippen molar-refractivity contribution in [1.82, 2.24) is 10.6 Å². The van der Waals surface area contributed by atoms with Crippen molar-refractivity contribution in [3.63, 3.8) is 0 Å². The van der Waals surface area contributed by atoms with Crippen molar-refractivity contribution in [3.8, 4) is 5.75 Å². The third-order valence-electron chi connectivity index (χ3n) is 4.17. The Hall–Kier alpha value is -1.90. The fourth-order valence-electron chi connectivity index (χ4n) is 2.69. The first-order chi connectivity index (χ1) is 14.0. The highest BCUT2D eigenvalue weighted by molar-refractivity contribution is 9.11. The molecule has 0 bridgehead atoms. The lowest BCUT2D eigenvalue weighted by atomic mass is 10.1. The van der Waals surface area contributed by atoms with Gasteiger partial charge in [-0.05, 0) is 81.6 Å². The molecular weight excluding hydrogens is 502 g/mol. The van der Waals surface area contributed by atoms with E-state index < -0.39 is 0 Å². The van der Waals surface area contributed by atoms with Gasteiger partial charge in [0, 0.05) is 13.0 Å². The largest absolute Gasteiger partial charge is 0.491 e. The molecule has 2 aromatic rings. The molecule has 0 aliphatic heterocycles. The van der Waals surface area contributed by atoms with E-state index in [-0.39, 0.29) is 18.0 Å². The average Bonchev–Trinajstić information content (AvgIpc) is 2.71. The summed E-state index contributed by atoms with van der Waals surface area (Å²) >= 11 is 7.10. The molecule has 0 aromatic heterocycles. The third-order valence-corrected chi connectivity index (χ3v) is 5.35. The fourth-order valence-corrected chi connectivity index (χ4v) is 4.20. The van der Waals surface area contributed by atoms with Gasteiger partial charge in [-0.2, -0.15) is 0 Å². The molecule has 156 valence electrons. The number of nitrogens with zero attached hydrogens (tertiary/aromatic N) is 1. The zero-order valence-electron chi connectivity index (χ0n) is 16.3. The monoisotopic (exact) mass is 525 g/mol. The summed E-state index contributed by atoms with van der Waals surface area (Å²) in [7, 11) is 1.91. The molecule has 0 spiro atoms. The van der Waals surface area contributed by atoms with Crippen molar-refractivity contribution in [1.29, 1.82) is 0 Å². The number of benzene rings is 2. The first kappa shape index (κ1) is 23.4. The van der Waals surface area contributed by atoms with Crippen molar-refractivity contribution < 1.29 is 14.7 Å². The van der Waals surface area contributed by atoms with E-state index in [1.54, 1.807) is 0 Å². The Morgan fingerprint density at radius 1 is 1.10 bits per heavy atom. The fraction of sp³-hybridized carbons (Fsp3) is 0.333. The molecule has 0 atom stereocenters. The number of amides is 1. The lowest BCUT2D eigenvalue weighted by molar-refractivity contribution is -0.115. The van der Waals surface area contributed by atoms with Gasteiger partial charge in [0.2, 0.25) is 0 Å². The smallest absolute Gasteiger partial charge is 0.269 e. The van der Waals surface area contributed by atoms with Crippen LogP contribution in [0.5, 0.6) is 5.75 Å². The van der Waals surface area contributed by atoms with E-state index in [4.69, 9.17) is 4.74 Å². The number of carbonyl (C=O) groups is 1. The zero-order chi connectivity index (χ0) is 21.1. The van der Waals surface area contributed by atoms with Crippen LogP contribution in [-0.2, 0) is 17.6 Å². The van der Waals surface area contributed by atoms with Crippen LogP contribution in [0.25, 0.3) is 0 Å². The zero-order valence-corrected chi connectivity index (χ0v) is 19.4. The van der Waals surface area contributed by atoms with Gasteiger partial charge in [-0.25, -0.2) is 0 Å². The van der Waals surface area contributed by atoms with Crippen LogP contribution in [-0.4, -0.2) is 43.6 Å². The van der Waals surface area contributed by atoms with E-state index >= 15 is 0 Å². The molecule has 3 N–H and O–H groups in total. The summed E-state index contributed by atoms with van der Waals surface area (Å²) in [4.78, 5) is 12.3. The summed E-state index contributed by atoms with van der Waals surface area (Å²) in [5.74, 6) is 0.394. The molecule has 0 aliphatic carbocycles. The highest BCUT2D eigenvalue weighted by Gasteiger charge is 2.13. The molecule has 6 nitrogen and oxygen atoms in total. The maximum Gasteiger partial charge on any atom is 0.269 e. The van der Waals surface area contributed by atoms with Crippen LogP contribution < -0.4 is 15.4 Å². The standard InChI is InChI=1S/C21H25Br2N3O3/c1-24-9-5-11-29-20-17(22)12-16(13-18(20)23)8-10-25-21(27)19(26-28)14-15-6-3-2-4-7-15/h2-4,6-7,12-13,24,28H,5,8-11,14H2,1H3,(H,25,27)/b26-19+. The van der Waals surface area contributed by atoms with E-state index in [1.807, 2.05) is 49.5 Å². The van der Waals surface area contributed by atoms with Gasteiger partial charge in [0.1, 0.15) is 11.5 Å². The third kappa shape index (κ3) is 7.79. The van der Waals surface area contributed by atoms with Crippen LogP contribution in [0.3, 0.4) is 0 Å². The molecule has 0 saturated heterocycles. The van der Waals surface area contributed by atoms with Gasteiger partial charge in [-0.1, -0.05) is 35.5 Å². The minimum Gasteiger partial charge on any atom is -0.491 e. The van der Waals surface area contributed by atoms with Gasteiger partial charge in [-0.15, -0.1) is 0 Å². The Balaban J connectivity index is 1.86. The van der Waals surface area contributed by atoms with Gasteiger partial charge in [0.25, 0.3) is 5.91 Å². The summed E-state index contributed by atoms with van der Waals surface area (Å²) in [6.45, 7) is 1.95. The topological polar surface area (TPSA) is 83.0 Å². The van der Waals surface area contributed by atoms with Crippen LogP contribution in [0, 0.1) is 0 Å². The molecule has 8 heteroatoms. The lowest BCUT2D eigenvalue weighted by Gasteiger charge is -2.13. The van der Waals surface area contributed by atoms with Gasteiger partial charge in [0.15, 0.2) is 0 Å². The molecule has 0 heterocycles. The minimum absolute atomic E-state index is 0.0869. The maximum atomic E-state index is 12.3. The SMILES string of the molecule is CNCCCOc1c(Br)cc(CCNC(=O)/C(Cc2ccccc2)=N/O)cc1Br. The Labute approximate surface area is 188 Å². The Morgan fingerprint density at radius 2 is 1.79 bits per heavy atom. The number of rotatable bonds is 11. The Bertz CT molecular complexity index is 806. The summed E-state index contributed by atoms with van der Waals surface area (Å²) in [5, 5.41) is 18.2. The van der Waals surface area contributed by atoms with E-state index in [0.29, 0.717) is 19.6 Å². The van der Waals surface area contributed by atoms with Crippen molar-refractivity contribution >= 4 is 43.5 Å². The van der Waals surface area contributed by atoms with Crippen molar-refractivity contribution in [2.75, 3.05) is 26.7 Å². The number of halogens is 2. The molecule has 0 fully saturated rings. The molecular formula is C21H25Br2N3O3. The summed E-state index contributed by atoms with van der Waals surface area (Å²) in [6, 6.07) is 13.4. The molecule has 0 radical (unpaired) electrons. The van der Waals surface area contributed by atoms with Gasteiger partial charge in [0.05, 0.1) is 15.6 Å². The van der Waals surface area contributed by atoms with Gasteiger partial charge in [-0.3, -0.25) is 4.79 Å². The molecule has 29 heavy (non-hydrogen) atoms. The highest BCUT2D eigenvalue weighted by atomic mass is 79.9. The summed E-state index contributed by atoms with van der Waals surface area (Å²) in [5.41, 5.74) is 2.04. The van der Waals surface area contributed by atoms with Crippen LogP contribution in [0.1, 0.15) is 17.5 Å². The number of hydrogen-bond donors (Lipinski definition) is 3. The average molecular weight is 527 g/mol. The molecule has 1 amide bonds. The van der Waals surface area contributed by atoms with Gasteiger partial charge >= 0.3 is 0 Å². The first-order valence-electron chi connectivity index (χ1n) is 9.33. The van der Waals surface area contributed by atoms with E-state index in [1.165, 1.54) is 0 Å². The molecule has 2 aromatic carbocycles. The predicted molar refractivity (Wildman–Crippen MR) is 122 cm³/mol. The summed E-state index contributed by atoms with van der Waals surface area (Å²) in [6.07, 6.45) is 1.83. The minimum atomic E-state index is -0.376. The Morgan fingerprint density at radius 3 is 2.41 bits per heavy atom. The number of nitrogens with one attached hydrogen (secondary N) is 2. The molecule has 0 saturated carbocycles. The van der Waals surface area contributed by atoms with Crippen LogP contribution >= 0.6 is 31.9 Å². The van der Waals surface area contributed by atoms with Gasteiger partial charge < -0.3 is 20.6 Å². The van der Waals surface area contributed by atoms with Crippen LogP contribution in [0.2, 0.25) is 0 Å². The molecule has 0 unspecified atom stereocenters. The van der Waals surface area contributed by atoms with E-state index in [0.717, 1.165) is 38.8 Å². The summed E-state index contributed by atoms with van der Waals surface area (Å²) < 4.78 is 7.54. The molecule has 2 rings (SSSR count). The van der Waals surface area contributed by atoms with Crippen molar-refractivity contribution in [3.05, 3.63) is 62.5 Å². The second-order valence-corrected chi connectivity index (χ2v) is 8.12. The van der Waals surface area contributed by atoms with E-state index in [9.17, 15) is 10.0 Å². The number of ether oxygens (including phenoxy) is 1. The number of hydrogen-bond acceptors (Lipinski definition) is 5. The molecule has 0 aliphatic rings. The second kappa shape index (κ2) is 12.6. The van der Waals surface area contributed by atoms with Crippen LogP contribution in [0.15, 0.2) is 56.6 Å². The first-order valence-corrected chi connectivity index (χ1v) is 10.9. The van der Waals surface area contributed by atoms with Crippen LogP contribution in [0.4, 0.5) is 0 Å². The lowest BCUT2D eigenvalue weighted by Crippen LogP contribution is -2.33. The normalized spacial score (nSPS) is 11.3. The highest BCUT2D eigenvalue weighted by Crippen LogP contribution is 2.35. The second-order valence-electron chi connectivity index (χ2n) is 6.41. The maximum absolute atomic E-state index is 12.3. The van der Waals surface area contributed by atoms with E-state index in [2.05, 4.69) is 47.6 Å². The quantitative estimate of drug-likeness (QED) is 0.179. The number of carbonyl (C=O) groups excluding carboxylic acids is 1. The van der Waals surface area contributed by atoms with Crippen molar-refractivity contribution in [2.24, 2.45) is 5.16 Å². The Kier molecular flexibility index (Phi) is 10.2. The predicted octanol–water partition coefficient (Wildman–Crippen LogP) is 3.93.